The van der Waals surface area contributed by atoms with E-state index < -0.39 is 0 Å². The average molecular weight is 296 g/mol. The zero-order valence-corrected chi connectivity index (χ0v) is 12.4. The van der Waals surface area contributed by atoms with E-state index in [1.807, 2.05) is 24.3 Å². The Bertz CT molecular complexity index is 444. The van der Waals surface area contributed by atoms with E-state index in [0.717, 1.165) is 30.2 Å². The van der Waals surface area contributed by atoms with Crippen LogP contribution in [0.5, 0.6) is 5.75 Å². The maximum atomic E-state index is 6.32. The summed E-state index contributed by atoms with van der Waals surface area (Å²) in [7, 11) is 0. The molecule has 1 heterocycles. The normalized spacial score (nSPS) is 26.0. The molecule has 2 N–H and O–H groups in total. The third kappa shape index (κ3) is 3.11. The van der Waals surface area contributed by atoms with Gasteiger partial charge in [0.2, 0.25) is 0 Å². The van der Waals surface area contributed by atoms with E-state index in [1.54, 1.807) is 0 Å². The predicted molar refractivity (Wildman–Crippen MR) is 80.2 cm³/mol. The molecular formula is C16H22ClNO2. The lowest BCUT2D eigenvalue weighted by Gasteiger charge is -2.48. The lowest BCUT2D eigenvalue weighted by molar-refractivity contribution is -0.146. The highest BCUT2D eigenvalue weighted by Crippen LogP contribution is 2.44. The zero-order valence-electron chi connectivity index (χ0n) is 11.7. The van der Waals surface area contributed by atoms with Gasteiger partial charge < -0.3 is 15.2 Å². The van der Waals surface area contributed by atoms with Crippen LogP contribution in [0.15, 0.2) is 24.3 Å². The smallest absolute Gasteiger partial charge is 0.119 e. The minimum Gasteiger partial charge on any atom is -0.492 e. The van der Waals surface area contributed by atoms with Gasteiger partial charge in [0.05, 0.1) is 5.60 Å². The van der Waals surface area contributed by atoms with Crippen molar-refractivity contribution in [3.05, 3.63) is 29.3 Å². The number of ether oxygens (including phenoxy) is 2. The molecule has 0 amide bonds. The van der Waals surface area contributed by atoms with Gasteiger partial charge in [0.1, 0.15) is 12.4 Å². The fourth-order valence-corrected chi connectivity index (χ4v) is 3.34. The van der Waals surface area contributed by atoms with Crippen LogP contribution in [0.2, 0.25) is 5.02 Å². The number of halogens is 1. The first-order chi connectivity index (χ1) is 9.67. The molecule has 110 valence electrons. The molecule has 4 heteroatoms. The van der Waals surface area contributed by atoms with E-state index in [0.29, 0.717) is 12.5 Å². The lowest BCUT2D eigenvalue weighted by atomic mass is 9.70. The second-order valence-electron chi connectivity index (χ2n) is 6.07. The molecule has 2 aliphatic rings. The first-order valence-electron chi connectivity index (χ1n) is 7.45. The molecule has 0 aromatic heterocycles. The van der Waals surface area contributed by atoms with Crippen LogP contribution in [-0.4, -0.2) is 24.9 Å². The molecule has 1 spiro atoms. The molecular weight excluding hydrogens is 274 g/mol. The highest BCUT2D eigenvalue weighted by atomic mass is 35.5. The van der Waals surface area contributed by atoms with Crippen molar-refractivity contribution in [1.82, 2.24) is 0 Å². The van der Waals surface area contributed by atoms with Gasteiger partial charge in [-0.2, -0.15) is 0 Å². The Kier molecular flexibility index (Phi) is 4.20. The van der Waals surface area contributed by atoms with Crippen molar-refractivity contribution in [2.45, 2.75) is 43.7 Å². The number of rotatable bonds is 4. The van der Waals surface area contributed by atoms with Crippen molar-refractivity contribution in [2.24, 2.45) is 11.7 Å². The van der Waals surface area contributed by atoms with Gasteiger partial charge in [-0.25, -0.2) is 0 Å². The fraction of sp³-hybridized carbons (Fsp3) is 0.625. The Morgan fingerprint density at radius 3 is 2.75 bits per heavy atom. The van der Waals surface area contributed by atoms with Crippen molar-refractivity contribution >= 4 is 11.6 Å². The topological polar surface area (TPSA) is 44.5 Å². The maximum absolute atomic E-state index is 6.32. The third-order valence-electron chi connectivity index (χ3n) is 4.66. The molecule has 0 radical (unpaired) electrons. The minimum atomic E-state index is 0.0760. The van der Waals surface area contributed by atoms with E-state index in [2.05, 4.69) is 0 Å². The standard InChI is InChI=1S/C16H22ClNO2/c17-13-2-4-14(5-3-13)19-11-15(18)12-6-9-20-16(10-12)7-1-8-16/h2-5,12,15H,1,6-11,18H2. The lowest BCUT2D eigenvalue weighted by Crippen LogP contribution is -2.50. The van der Waals surface area contributed by atoms with Gasteiger partial charge in [-0.05, 0) is 62.3 Å². The van der Waals surface area contributed by atoms with Crippen LogP contribution in [0.1, 0.15) is 32.1 Å². The number of nitrogens with two attached hydrogens (primary N) is 1. The quantitative estimate of drug-likeness (QED) is 0.926. The Morgan fingerprint density at radius 2 is 2.10 bits per heavy atom. The molecule has 1 saturated carbocycles. The molecule has 2 fully saturated rings. The molecule has 1 saturated heterocycles. The van der Waals surface area contributed by atoms with E-state index >= 15 is 0 Å². The highest BCUT2D eigenvalue weighted by molar-refractivity contribution is 6.30. The summed E-state index contributed by atoms with van der Waals surface area (Å²) in [6.07, 6.45) is 5.84. The van der Waals surface area contributed by atoms with Crippen LogP contribution in [-0.2, 0) is 4.74 Å². The van der Waals surface area contributed by atoms with Gasteiger partial charge in [0.15, 0.2) is 0 Å². The Hall–Kier alpha value is -0.770. The molecule has 2 unspecified atom stereocenters. The number of hydrogen-bond acceptors (Lipinski definition) is 3. The largest absolute Gasteiger partial charge is 0.492 e. The first-order valence-corrected chi connectivity index (χ1v) is 7.83. The first kappa shape index (κ1) is 14.2. The summed E-state index contributed by atoms with van der Waals surface area (Å²) in [4.78, 5) is 0. The second-order valence-corrected chi connectivity index (χ2v) is 6.50. The summed E-state index contributed by atoms with van der Waals surface area (Å²) in [6, 6.07) is 7.51. The van der Waals surface area contributed by atoms with Crippen LogP contribution >= 0.6 is 11.6 Å². The van der Waals surface area contributed by atoms with Crippen LogP contribution in [0, 0.1) is 5.92 Å². The Balaban J connectivity index is 1.51. The van der Waals surface area contributed by atoms with Crippen molar-refractivity contribution < 1.29 is 9.47 Å². The van der Waals surface area contributed by atoms with Crippen molar-refractivity contribution in [3.8, 4) is 5.75 Å². The Labute approximate surface area is 125 Å². The second kappa shape index (κ2) is 5.92. The molecule has 3 rings (SSSR count). The van der Waals surface area contributed by atoms with Gasteiger partial charge in [0.25, 0.3) is 0 Å². The molecule has 1 aliphatic heterocycles. The summed E-state index contributed by atoms with van der Waals surface area (Å²) in [5.74, 6) is 1.34. The summed E-state index contributed by atoms with van der Waals surface area (Å²) in [5, 5.41) is 0.720. The van der Waals surface area contributed by atoms with Gasteiger partial charge >= 0.3 is 0 Å². The van der Waals surface area contributed by atoms with Crippen molar-refractivity contribution in [3.63, 3.8) is 0 Å². The van der Waals surface area contributed by atoms with E-state index in [-0.39, 0.29) is 11.6 Å². The fourth-order valence-electron chi connectivity index (χ4n) is 3.21. The summed E-state index contributed by atoms with van der Waals surface area (Å²) in [6.45, 7) is 1.40. The van der Waals surface area contributed by atoms with Gasteiger partial charge in [0, 0.05) is 17.7 Å². The molecule has 20 heavy (non-hydrogen) atoms. The number of hydrogen-bond donors (Lipinski definition) is 1. The van der Waals surface area contributed by atoms with Crippen LogP contribution in [0.4, 0.5) is 0 Å². The van der Waals surface area contributed by atoms with Crippen molar-refractivity contribution in [2.75, 3.05) is 13.2 Å². The van der Waals surface area contributed by atoms with Crippen LogP contribution < -0.4 is 10.5 Å². The Morgan fingerprint density at radius 1 is 1.35 bits per heavy atom. The SMILES string of the molecule is NC(COc1ccc(Cl)cc1)C1CCOC2(CCC2)C1. The molecule has 1 aliphatic carbocycles. The number of benzene rings is 1. The van der Waals surface area contributed by atoms with Crippen LogP contribution in [0.3, 0.4) is 0 Å². The third-order valence-corrected chi connectivity index (χ3v) is 4.91. The summed E-state index contributed by atoms with van der Waals surface area (Å²) in [5.41, 5.74) is 6.47. The van der Waals surface area contributed by atoms with Crippen molar-refractivity contribution in [1.29, 1.82) is 0 Å². The predicted octanol–water partition coefficient (Wildman–Crippen LogP) is 3.40. The van der Waals surface area contributed by atoms with Crippen LogP contribution in [0.25, 0.3) is 0 Å². The minimum absolute atomic E-state index is 0.0760. The average Bonchev–Trinajstić information content (AvgIpc) is 2.45. The summed E-state index contributed by atoms with van der Waals surface area (Å²) < 4.78 is 11.7. The zero-order chi connectivity index (χ0) is 14.0. The van der Waals surface area contributed by atoms with E-state index in [4.69, 9.17) is 26.8 Å². The monoisotopic (exact) mass is 295 g/mol. The van der Waals surface area contributed by atoms with E-state index in [9.17, 15) is 0 Å². The molecule has 1 aromatic carbocycles. The maximum Gasteiger partial charge on any atom is 0.119 e. The summed E-state index contributed by atoms with van der Waals surface area (Å²) >= 11 is 5.86. The van der Waals surface area contributed by atoms with Gasteiger partial charge in [-0.15, -0.1) is 0 Å². The van der Waals surface area contributed by atoms with E-state index in [1.165, 1.54) is 19.3 Å². The molecule has 0 bridgehead atoms. The highest BCUT2D eigenvalue weighted by Gasteiger charge is 2.43. The molecule has 1 aromatic rings. The molecule has 2 atom stereocenters. The molecule has 3 nitrogen and oxygen atoms in total. The van der Waals surface area contributed by atoms with Gasteiger partial charge in [-0.3, -0.25) is 0 Å². The van der Waals surface area contributed by atoms with Gasteiger partial charge in [-0.1, -0.05) is 11.6 Å².